The van der Waals surface area contributed by atoms with Gasteiger partial charge in [-0.05, 0) is 54.5 Å². The van der Waals surface area contributed by atoms with Gasteiger partial charge in [-0.2, -0.15) is 0 Å². The van der Waals surface area contributed by atoms with Crippen LogP contribution in [0.4, 0.5) is 0 Å². The molecular formula is C25H34BrNO3S. The Kier molecular flexibility index (Phi) is 8.22. The third-order valence-corrected chi connectivity index (χ3v) is 8.89. The van der Waals surface area contributed by atoms with E-state index in [4.69, 9.17) is 4.74 Å². The average Bonchev–Trinajstić information content (AvgIpc) is 2.88. The summed E-state index contributed by atoms with van der Waals surface area (Å²) in [5.74, 6) is 0.882. The minimum atomic E-state index is -3.47. The van der Waals surface area contributed by atoms with Gasteiger partial charge in [0.15, 0.2) is 9.84 Å². The topological polar surface area (TPSA) is 55.4 Å². The van der Waals surface area contributed by atoms with Crippen LogP contribution in [-0.4, -0.2) is 32.1 Å². The van der Waals surface area contributed by atoms with E-state index < -0.39 is 15.4 Å². The molecule has 0 unspecified atom stereocenters. The number of benzene rings is 2. The molecule has 2 atom stereocenters. The van der Waals surface area contributed by atoms with Gasteiger partial charge >= 0.3 is 0 Å². The monoisotopic (exact) mass is 507 g/mol. The van der Waals surface area contributed by atoms with Crippen LogP contribution in [-0.2, 0) is 16.3 Å². The van der Waals surface area contributed by atoms with Gasteiger partial charge in [0.05, 0.1) is 23.8 Å². The van der Waals surface area contributed by atoms with Crippen molar-refractivity contribution in [2.45, 2.75) is 68.8 Å². The number of ether oxygens (including phenoxy) is 1. The lowest BCUT2D eigenvalue weighted by Crippen LogP contribution is -2.50. The Labute approximate surface area is 195 Å². The molecule has 4 nitrogen and oxygen atoms in total. The summed E-state index contributed by atoms with van der Waals surface area (Å²) in [4.78, 5) is 0.450. The number of hydrogen-bond acceptors (Lipinski definition) is 4. The number of rotatable bonds is 9. The lowest BCUT2D eigenvalue weighted by Gasteiger charge is -2.36. The van der Waals surface area contributed by atoms with Gasteiger partial charge in [0.2, 0.25) is 0 Å². The van der Waals surface area contributed by atoms with Gasteiger partial charge in [-0.1, -0.05) is 73.0 Å². The minimum Gasteiger partial charge on any atom is -0.496 e. The summed E-state index contributed by atoms with van der Waals surface area (Å²) in [5, 5.41) is 4.68. The molecule has 0 saturated carbocycles. The van der Waals surface area contributed by atoms with Crippen LogP contribution in [0.1, 0.15) is 68.7 Å². The first-order valence-electron chi connectivity index (χ1n) is 11.2. The number of sulfone groups is 1. The number of fused-ring (bicyclic) bond motifs is 1. The molecule has 1 N–H and O–H groups in total. The van der Waals surface area contributed by atoms with Gasteiger partial charge in [-0.3, -0.25) is 5.32 Å². The van der Waals surface area contributed by atoms with Crippen molar-refractivity contribution in [1.82, 2.24) is 5.32 Å². The Morgan fingerprint density at radius 2 is 1.90 bits per heavy atom. The zero-order valence-electron chi connectivity index (χ0n) is 18.8. The number of aryl methyl sites for hydroxylation is 1. The summed E-state index contributed by atoms with van der Waals surface area (Å²) in [5.41, 5.74) is 2.36. The number of halogens is 1. The van der Waals surface area contributed by atoms with E-state index in [0.717, 1.165) is 66.3 Å². The predicted octanol–water partition coefficient (Wildman–Crippen LogP) is 5.83. The molecule has 1 aliphatic heterocycles. The quantitative estimate of drug-likeness (QED) is 0.433. The highest BCUT2D eigenvalue weighted by Crippen LogP contribution is 2.41. The fourth-order valence-electron chi connectivity index (χ4n) is 4.57. The number of nitrogens with one attached hydrogen (secondary N) is 1. The smallest absolute Gasteiger partial charge is 0.180 e. The summed E-state index contributed by atoms with van der Waals surface area (Å²) in [6.45, 7) is 4.25. The van der Waals surface area contributed by atoms with E-state index in [2.05, 4.69) is 47.2 Å². The SMILES string of the molecule is CCCC[C@]1(CC)CS(=O)(=O)c2cc(CCCBr)c(OC)cc2[C@@H](c2ccccc2)N1. The van der Waals surface area contributed by atoms with Crippen molar-refractivity contribution < 1.29 is 13.2 Å². The third kappa shape index (κ3) is 5.35. The number of methoxy groups -OCH3 is 1. The van der Waals surface area contributed by atoms with Crippen LogP contribution in [0.3, 0.4) is 0 Å². The molecule has 31 heavy (non-hydrogen) atoms. The first-order valence-corrected chi connectivity index (χ1v) is 14.0. The van der Waals surface area contributed by atoms with Crippen LogP contribution in [0.15, 0.2) is 47.4 Å². The second-order valence-corrected chi connectivity index (χ2v) is 11.2. The fraction of sp³-hybridized carbons (Fsp3) is 0.520. The molecule has 0 fully saturated rings. The fourth-order valence-corrected chi connectivity index (χ4v) is 7.02. The lowest BCUT2D eigenvalue weighted by molar-refractivity contribution is 0.294. The summed E-state index contributed by atoms with van der Waals surface area (Å²) in [7, 11) is -1.81. The van der Waals surface area contributed by atoms with Gasteiger partial charge in [0, 0.05) is 10.9 Å². The second-order valence-electron chi connectivity index (χ2n) is 8.48. The highest BCUT2D eigenvalue weighted by atomic mass is 79.9. The van der Waals surface area contributed by atoms with Crippen molar-refractivity contribution in [3.05, 3.63) is 59.2 Å². The van der Waals surface area contributed by atoms with E-state index in [9.17, 15) is 8.42 Å². The third-order valence-electron chi connectivity index (χ3n) is 6.37. The molecule has 2 aromatic rings. The Morgan fingerprint density at radius 3 is 2.52 bits per heavy atom. The van der Waals surface area contributed by atoms with E-state index in [1.807, 2.05) is 30.3 Å². The molecule has 2 aromatic carbocycles. The van der Waals surface area contributed by atoms with E-state index >= 15 is 0 Å². The molecule has 0 radical (unpaired) electrons. The van der Waals surface area contributed by atoms with Crippen LogP contribution >= 0.6 is 15.9 Å². The molecule has 1 aliphatic rings. The van der Waals surface area contributed by atoms with E-state index in [0.29, 0.717) is 4.90 Å². The standard InChI is InChI=1S/C25H34BrNO3S/c1-4-6-14-25(5-2)18-31(28,29)23-16-20(13-10-15-26)22(30-3)17-21(23)24(27-25)19-11-8-7-9-12-19/h7-9,11-12,16-17,24,27H,4-6,10,13-15,18H2,1-3H3/t24-,25-/m1/s1. The second kappa shape index (κ2) is 10.5. The van der Waals surface area contributed by atoms with Gasteiger partial charge in [-0.15, -0.1) is 0 Å². The maximum atomic E-state index is 13.7. The average molecular weight is 509 g/mol. The maximum absolute atomic E-state index is 13.7. The molecular weight excluding hydrogens is 474 g/mol. The number of unbranched alkanes of at least 4 members (excludes halogenated alkanes) is 1. The molecule has 0 bridgehead atoms. The minimum absolute atomic E-state index is 0.122. The molecule has 0 amide bonds. The normalized spacial score (nSPS) is 22.5. The van der Waals surface area contributed by atoms with Gasteiger partial charge in [0.25, 0.3) is 0 Å². The van der Waals surface area contributed by atoms with E-state index in [1.54, 1.807) is 7.11 Å². The first-order chi connectivity index (χ1) is 14.9. The molecule has 1 heterocycles. The van der Waals surface area contributed by atoms with Gasteiger partial charge in [0.1, 0.15) is 5.75 Å². The Morgan fingerprint density at radius 1 is 1.16 bits per heavy atom. The summed E-state index contributed by atoms with van der Waals surface area (Å²) in [6.07, 6.45) is 5.33. The first kappa shape index (κ1) is 24.3. The Hall–Kier alpha value is -1.37. The molecule has 0 spiro atoms. The Balaban J connectivity index is 2.23. The molecule has 0 aliphatic carbocycles. The van der Waals surface area contributed by atoms with Gasteiger partial charge < -0.3 is 4.74 Å². The van der Waals surface area contributed by atoms with Gasteiger partial charge in [-0.25, -0.2) is 8.42 Å². The van der Waals surface area contributed by atoms with Crippen LogP contribution in [0.25, 0.3) is 0 Å². The number of hydrogen-bond donors (Lipinski definition) is 1. The Bertz CT molecular complexity index is 978. The van der Waals surface area contributed by atoms with Crippen LogP contribution < -0.4 is 10.1 Å². The van der Waals surface area contributed by atoms with Crippen molar-refractivity contribution in [2.24, 2.45) is 0 Å². The van der Waals surface area contributed by atoms with Crippen LogP contribution in [0.5, 0.6) is 5.75 Å². The van der Waals surface area contributed by atoms with Crippen molar-refractivity contribution in [3.63, 3.8) is 0 Å². The molecule has 0 aromatic heterocycles. The molecule has 0 saturated heterocycles. The van der Waals surface area contributed by atoms with Crippen molar-refractivity contribution in [3.8, 4) is 5.75 Å². The van der Waals surface area contributed by atoms with Crippen LogP contribution in [0.2, 0.25) is 0 Å². The van der Waals surface area contributed by atoms with Crippen molar-refractivity contribution >= 4 is 25.8 Å². The van der Waals surface area contributed by atoms with E-state index in [1.165, 1.54) is 0 Å². The zero-order valence-corrected chi connectivity index (χ0v) is 21.2. The lowest BCUT2D eigenvalue weighted by atomic mass is 9.87. The highest BCUT2D eigenvalue weighted by molar-refractivity contribution is 9.09. The zero-order chi connectivity index (χ0) is 22.5. The molecule has 6 heteroatoms. The highest BCUT2D eigenvalue weighted by Gasteiger charge is 2.42. The summed E-state index contributed by atoms with van der Waals surface area (Å²) in [6, 6.07) is 13.8. The van der Waals surface area contributed by atoms with Crippen molar-refractivity contribution in [1.29, 1.82) is 0 Å². The predicted molar refractivity (Wildman–Crippen MR) is 131 cm³/mol. The summed E-state index contributed by atoms with van der Waals surface area (Å²) >= 11 is 3.48. The molecule has 170 valence electrons. The largest absolute Gasteiger partial charge is 0.496 e. The molecule has 3 rings (SSSR count). The maximum Gasteiger partial charge on any atom is 0.180 e. The number of alkyl halides is 1. The van der Waals surface area contributed by atoms with Crippen molar-refractivity contribution in [2.75, 3.05) is 18.2 Å². The summed E-state index contributed by atoms with van der Waals surface area (Å²) < 4.78 is 33.2. The van der Waals surface area contributed by atoms with Crippen LogP contribution in [0, 0.1) is 0 Å². The van der Waals surface area contributed by atoms with E-state index in [-0.39, 0.29) is 11.8 Å².